The van der Waals surface area contributed by atoms with Crippen LogP contribution in [0.2, 0.25) is 0 Å². The van der Waals surface area contributed by atoms with Crippen LogP contribution in [-0.4, -0.2) is 42.2 Å². The molecular formula is C24H21FN4O3. The molecule has 0 radical (unpaired) electrons. The van der Waals surface area contributed by atoms with Crippen LogP contribution in [0.1, 0.15) is 5.56 Å². The van der Waals surface area contributed by atoms with Gasteiger partial charge in [0.1, 0.15) is 17.4 Å². The molecule has 0 fully saturated rings. The van der Waals surface area contributed by atoms with Gasteiger partial charge in [0.15, 0.2) is 0 Å². The van der Waals surface area contributed by atoms with Crippen molar-refractivity contribution in [1.82, 2.24) is 4.90 Å². The monoisotopic (exact) mass is 432 g/mol. The molecule has 162 valence electrons. The number of amides is 4. The maximum atomic E-state index is 13.1. The molecule has 1 unspecified atom stereocenters. The Bertz CT molecular complexity index is 1150. The molecule has 4 rings (SSSR count). The zero-order chi connectivity index (χ0) is 22.5. The van der Waals surface area contributed by atoms with E-state index in [0.717, 1.165) is 11.3 Å². The van der Waals surface area contributed by atoms with E-state index < -0.39 is 23.8 Å². The number of nitrogens with zero attached hydrogens (tertiary/aromatic N) is 3. The van der Waals surface area contributed by atoms with Crippen LogP contribution in [0.4, 0.5) is 19.7 Å². The predicted molar refractivity (Wildman–Crippen MR) is 121 cm³/mol. The van der Waals surface area contributed by atoms with Crippen molar-refractivity contribution in [3.05, 3.63) is 84.2 Å². The quantitative estimate of drug-likeness (QED) is 0.748. The Morgan fingerprint density at radius 2 is 2.03 bits per heavy atom. The summed E-state index contributed by atoms with van der Waals surface area (Å²) in [6, 6.07) is 11.8. The highest BCUT2D eigenvalue weighted by Crippen LogP contribution is 2.22. The number of ether oxygens (including phenoxy) is 1. The van der Waals surface area contributed by atoms with E-state index >= 15 is 0 Å². The number of halogens is 1. The summed E-state index contributed by atoms with van der Waals surface area (Å²) in [7, 11) is 1.59. The minimum atomic E-state index is -0.657. The molecule has 0 bridgehead atoms. The highest BCUT2D eigenvalue weighted by atomic mass is 19.1. The molecule has 0 saturated carbocycles. The van der Waals surface area contributed by atoms with Gasteiger partial charge < -0.3 is 10.1 Å². The van der Waals surface area contributed by atoms with Crippen LogP contribution >= 0.6 is 0 Å². The summed E-state index contributed by atoms with van der Waals surface area (Å²) < 4.78 is 18.4. The number of hydrogen-bond donors (Lipinski definition) is 1. The topological polar surface area (TPSA) is 83.4 Å². The van der Waals surface area contributed by atoms with Gasteiger partial charge in [0.25, 0.3) is 0 Å². The van der Waals surface area contributed by atoms with E-state index in [1.807, 2.05) is 36.4 Å². The fourth-order valence-electron chi connectivity index (χ4n) is 3.49. The van der Waals surface area contributed by atoms with Gasteiger partial charge >= 0.3 is 12.1 Å². The maximum Gasteiger partial charge on any atom is 0.349 e. The number of benzene rings is 2. The van der Waals surface area contributed by atoms with Crippen LogP contribution in [0, 0.1) is 11.7 Å². The lowest BCUT2D eigenvalue weighted by atomic mass is 9.94. The van der Waals surface area contributed by atoms with Crippen molar-refractivity contribution >= 4 is 29.3 Å². The Morgan fingerprint density at radius 1 is 1.22 bits per heavy atom. The van der Waals surface area contributed by atoms with Gasteiger partial charge in [-0.2, -0.15) is 9.98 Å². The molecule has 2 aromatic rings. The predicted octanol–water partition coefficient (Wildman–Crippen LogP) is 4.63. The van der Waals surface area contributed by atoms with Gasteiger partial charge in [-0.05, 0) is 54.5 Å². The van der Waals surface area contributed by atoms with E-state index in [1.54, 1.807) is 19.3 Å². The number of carbonyl (C=O) groups excluding carboxylic acids is 2. The van der Waals surface area contributed by atoms with Gasteiger partial charge in [-0.15, -0.1) is 0 Å². The van der Waals surface area contributed by atoms with Crippen molar-refractivity contribution in [3.63, 3.8) is 0 Å². The highest BCUT2D eigenvalue weighted by molar-refractivity contribution is 6.24. The first-order valence-electron chi connectivity index (χ1n) is 10.1. The van der Waals surface area contributed by atoms with Gasteiger partial charge in [-0.1, -0.05) is 30.4 Å². The largest absolute Gasteiger partial charge is 0.497 e. The first-order valence-corrected chi connectivity index (χ1v) is 10.1. The van der Waals surface area contributed by atoms with E-state index in [9.17, 15) is 14.0 Å². The molecule has 32 heavy (non-hydrogen) atoms. The zero-order valence-electron chi connectivity index (χ0n) is 17.4. The number of methoxy groups -OCH3 is 1. The summed E-state index contributed by atoms with van der Waals surface area (Å²) in [5.41, 5.74) is 1.91. The van der Waals surface area contributed by atoms with E-state index in [4.69, 9.17) is 4.74 Å². The number of anilines is 1. The molecule has 0 aromatic heterocycles. The molecule has 2 aromatic carbocycles. The number of amidine groups is 1. The minimum absolute atomic E-state index is 0.291. The second kappa shape index (κ2) is 9.38. The highest BCUT2D eigenvalue weighted by Gasteiger charge is 2.34. The molecule has 7 nitrogen and oxygen atoms in total. The summed E-state index contributed by atoms with van der Waals surface area (Å²) in [5.74, 6) is 0.196. The summed E-state index contributed by atoms with van der Waals surface area (Å²) in [5, 5.41) is 2.61. The number of carbonyl (C=O) groups is 2. The lowest BCUT2D eigenvalue weighted by Gasteiger charge is -2.31. The smallest absolute Gasteiger partial charge is 0.349 e. The Balaban J connectivity index is 1.59. The number of aliphatic imine (C=N–C) groups is 2. The van der Waals surface area contributed by atoms with E-state index in [0.29, 0.717) is 30.2 Å². The molecule has 0 saturated heterocycles. The summed E-state index contributed by atoms with van der Waals surface area (Å²) >= 11 is 0. The summed E-state index contributed by atoms with van der Waals surface area (Å²) in [6.45, 7) is 0.291. The second-order valence-corrected chi connectivity index (χ2v) is 7.20. The van der Waals surface area contributed by atoms with Crippen molar-refractivity contribution in [2.24, 2.45) is 15.9 Å². The lowest BCUT2D eigenvalue weighted by molar-refractivity contribution is 0.228. The lowest BCUT2D eigenvalue weighted by Crippen LogP contribution is -2.47. The van der Waals surface area contributed by atoms with Crippen LogP contribution in [-0.2, 0) is 6.42 Å². The Hall–Kier alpha value is -4.07. The van der Waals surface area contributed by atoms with Crippen molar-refractivity contribution in [2.75, 3.05) is 19.0 Å². The molecule has 1 N–H and O–H groups in total. The van der Waals surface area contributed by atoms with Gasteiger partial charge in [0.05, 0.1) is 18.7 Å². The molecule has 1 atom stereocenters. The van der Waals surface area contributed by atoms with Gasteiger partial charge in [-0.25, -0.2) is 14.0 Å². The number of rotatable bonds is 5. The van der Waals surface area contributed by atoms with Crippen molar-refractivity contribution in [3.8, 4) is 5.75 Å². The minimum Gasteiger partial charge on any atom is -0.497 e. The summed E-state index contributed by atoms with van der Waals surface area (Å²) in [6.07, 6.45) is 7.71. The van der Waals surface area contributed by atoms with Crippen molar-refractivity contribution < 1.29 is 18.7 Å². The van der Waals surface area contributed by atoms with Gasteiger partial charge in [0, 0.05) is 12.2 Å². The third-order valence-electron chi connectivity index (χ3n) is 5.08. The normalized spacial score (nSPS) is 18.4. The van der Waals surface area contributed by atoms with Crippen molar-refractivity contribution in [1.29, 1.82) is 0 Å². The van der Waals surface area contributed by atoms with Crippen LogP contribution in [0.15, 0.2) is 82.8 Å². The zero-order valence-corrected chi connectivity index (χ0v) is 17.4. The Morgan fingerprint density at radius 3 is 2.81 bits per heavy atom. The summed E-state index contributed by atoms with van der Waals surface area (Å²) in [4.78, 5) is 35.2. The average molecular weight is 432 g/mol. The SMILES string of the molecule is COc1cccc(CCN2C(=O)N=C3C=CC=CC3/C2=N/C(=O)Nc2ccc(F)cc2)c1. The molecule has 1 aliphatic carbocycles. The number of fused-ring (bicyclic) bond motifs is 1. The third-order valence-corrected chi connectivity index (χ3v) is 5.08. The van der Waals surface area contributed by atoms with E-state index in [-0.39, 0.29) is 0 Å². The Kier molecular flexibility index (Phi) is 6.21. The fraction of sp³-hybridized carbons (Fsp3) is 0.167. The van der Waals surface area contributed by atoms with Crippen LogP contribution in [0.5, 0.6) is 5.75 Å². The van der Waals surface area contributed by atoms with Crippen LogP contribution in [0.3, 0.4) is 0 Å². The number of hydrogen-bond acceptors (Lipinski definition) is 3. The molecule has 1 aliphatic heterocycles. The van der Waals surface area contributed by atoms with Gasteiger partial charge in [0.2, 0.25) is 0 Å². The Labute approximate surface area is 184 Å². The number of nitrogens with one attached hydrogen (secondary N) is 1. The first kappa shape index (κ1) is 21.2. The van der Waals surface area contributed by atoms with E-state index in [1.165, 1.54) is 29.2 Å². The molecule has 1 heterocycles. The standard InChI is InChI=1S/C24H21FN4O3/c1-32-19-6-4-5-16(15-19)13-14-29-22(20-7-2-3-8-21(20)27-24(29)31)28-23(30)26-18-11-9-17(25)10-12-18/h2-12,15,20H,13-14H2,1H3,(H,26,30)/b28-22-. The molecule has 2 aliphatic rings. The molecule has 0 spiro atoms. The fourth-order valence-corrected chi connectivity index (χ4v) is 3.49. The molecule has 8 heteroatoms. The van der Waals surface area contributed by atoms with Gasteiger partial charge in [-0.3, -0.25) is 4.90 Å². The molecule has 4 amide bonds. The maximum absolute atomic E-state index is 13.1. The molecular weight excluding hydrogens is 411 g/mol. The third kappa shape index (κ3) is 4.80. The van der Waals surface area contributed by atoms with Crippen molar-refractivity contribution in [2.45, 2.75) is 6.42 Å². The number of urea groups is 2. The second-order valence-electron chi connectivity index (χ2n) is 7.20. The van der Waals surface area contributed by atoms with Crippen LogP contribution in [0.25, 0.3) is 0 Å². The average Bonchev–Trinajstić information content (AvgIpc) is 2.80. The first-order chi connectivity index (χ1) is 15.5. The van der Waals surface area contributed by atoms with Crippen LogP contribution < -0.4 is 10.1 Å². The number of allylic oxidation sites excluding steroid dienone is 3. The van der Waals surface area contributed by atoms with E-state index in [2.05, 4.69) is 15.3 Å².